The van der Waals surface area contributed by atoms with Crippen LogP contribution in [0.4, 0.5) is 9.18 Å². The number of rotatable bonds is 4. The van der Waals surface area contributed by atoms with Crippen molar-refractivity contribution < 1.29 is 23.8 Å². The quantitative estimate of drug-likeness (QED) is 0.604. The second-order valence-electron chi connectivity index (χ2n) is 8.21. The third kappa shape index (κ3) is 3.42. The molecule has 1 fully saturated rings. The molecule has 1 N–H and O–H groups in total. The fourth-order valence-electron chi connectivity index (χ4n) is 4.99. The average molecular weight is 431 g/mol. The highest BCUT2D eigenvalue weighted by Crippen LogP contribution is 2.45. The molecule has 0 unspecified atom stereocenters. The lowest BCUT2D eigenvalue weighted by Gasteiger charge is -2.28. The number of hydrogen-bond donors (Lipinski definition) is 1. The van der Waals surface area contributed by atoms with E-state index in [2.05, 4.69) is 12.1 Å². The fraction of sp³-hybridized carbons (Fsp3) is 0.231. The van der Waals surface area contributed by atoms with E-state index in [4.69, 9.17) is 4.74 Å². The third-order valence-corrected chi connectivity index (χ3v) is 6.47. The highest BCUT2D eigenvalue weighted by Gasteiger charge is 2.43. The number of benzene rings is 3. The first-order valence-corrected chi connectivity index (χ1v) is 10.7. The molecule has 3 aromatic rings. The van der Waals surface area contributed by atoms with E-state index in [1.807, 2.05) is 36.4 Å². The topological polar surface area (TPSA) is 66.8 Å². The van der Waals surface area contributed by atoms with Crippen LogP contribution in [0.15, 0.2) is 72.8 Å². The number of amides is 1. The predicted molar refractivity (Wildman–Crippen MR) is 117 cm³/mol. The first-order valence-electron chi connectivity index (χ1n) is 10.7. The Kier molecular flexibility index (Phi) is 5.13. The summed E-state index contributed by atoms with van der Waals surface area (Å²) in [5.74, 6) is -1.56. The lowest BCUT2D eigenvalue weighted by Crippen LogP contribution is -2.42. The van der Waals surface area contributed by atoms with Crippen molar-refractivity contribution in [3.8, 4) is 11.1 Å². The second kappa shape index (κ2) is 8.11. The normalized spacial score (nSPS) is 19.5. The van der Waals surface area contributed by atoms with Crippen molar-refractivity contribution in [2.24, 2.45) is 0 Å². The zero-order chi connectivity index (χ0) is 22.2. The van der Waals surface area contributed by atoms with Crippen LogP contribution < -0.4 is 0 Å². The van der Waals surface area contributed by atoms with E-state index in [1.54, 1.807) is 12.1 Å². The summed E-state index contributed by atoms with van der Waals surface area (Å²) >= 11 is 0. The first kappa shape index (κ1) is 20.2. The molecule has 32 heavy (non-hydrogen) atoms. The zero-order valence-corrected chi connectivity index (χ0v) is 17.3. The Morgan fingerprint density at radius 2 is 1.50 bits per heavy atom. The van der Waals surface area contributed by atoms with Crippen LogP contribution >= 0.6 is 0 Å². The lowest BCUT2D eigenvalue weighted by atomic mass is 9.98. The van der Waals surface area contributed by atoms with Gasteiger partial charge in [0.1, 0.15) is 18.5 Å². The largest absolute Gasteiger partial charge is 0.480 e. The maximum absolute atomic E-state index is 13.4. The van der Waals surface area contributed by atoms with Gasteiger partial charge in [-0.1, -0.05) is 60.7 Å². The van der Waals surface area contributed by atoms with E-state index in [-0.39, 0.29) is 18.3 Å². The molecule has 3 aromatic carbocycles. The van der Waals surface area contributed by atoms with Crippen LogP contribution in [0.2, 0.25) is 0 Å². The van der Waals surface area contributed by atoms with Crippen molar-refractivity contribution >= 4 is 12.1 Å². The molecular weight excluding hydrogens is 409 g/mol. The molecule has 1 amide bonds. The maximum atomic E-state index is 13.4. The molecular formula is C26H22FNO4. The van der Waals surface area contributed by atoms with Crippen LogP contribution in [0.3, 0.4) is 0 Å². The van der Waals surface area contributed by atoms with Crippen LogP contribution in [-0.4, -0.2) is 34.7 Å². The summed E-state index contributed by atoms with van der Waals surface area (Å²) in [6.07, 6.45) is 0.139. The summed E-state index contributed by atoms with van der Waals surface area (Å²) in [6.45, 7) is 0.117. The molecule has 2 aliphatic rings. The molecule has 0 aromatic heterocycles. The number of fused-ring (bicyclic) bond motifs is 3. The smallest absolute Gasteiger partial charge is 0.411 e. The minimum atomic E-state index is -1.07. The number of hydrogen-bond acceptors (Lipinski definition) is 3. The number of carboxylic acids is 1. The molecule has 1 heterocycles. The number of nitrogens with zero attached hydrogens (tertiary/aromatic N) is 1. The first-order chi connectivity index (χ1) is 15.5. The van der Waals surface area contributed by atoms with Crippen LogP contribution in [0, 0.1) is 5.82 Å². The Morgan fingerprint density at radius 1 is 0.906 bits per heavy atom. The van der Waals surface area contributed by atoms with Gasteiger partial charge in [-0.05, 0) is 52.8 Å². The minimum absolute atomic E-state index is 0.110. The summed E-state index contributed by atoms with van der Waals surface area (Å²) in [5, 5.41) is 9.67. The Hall–Kier alpha value is -3.67. The molecule has 0 spiro atoms. The molecule has 1 saturated heterocycles. The number of aliphatic carboxylic acids is 1. The number of carbonyl (C=O) groups is 2. The summed E-state index contributed by atoms with van der Waals surface area (Å²) in [5.41, 5.74) is 5.13. The van der Waals surface area contributed by atoms with Gasteiger partial charge in [-0.25, -0.2) is 14.0 Å². The predicted octanol–water partition coefficient (Wildman–Crippen LogP) is 5.36. The molecule has 1 aliphatic heterocycles. The summed E-state index contributed by atoms with van der Waals surface area (Å²) < 4.78 is 19.1. The number of halogens is 1. The summed E-state index contributed by atoms with van der Waals surface area (Å²) in [4.78, 5) is 26.3. The van der Waals surface area contributed by atoms with E-state index in [1.165, 1.54) is 17.0 Å². The van der Waals surface area contributed by atoms with Gasteiger partial charge in [0, 0.05) is 5.92 Å². The van der Waals surface area contributed by atoms with Gasteiger partial charge in [-0.15, -0.1) is 0 Å². The summed E-state index contributed by atoms with van der Waals surface area (Å²) in [7, 11) is 0. The van der Waals surface area contributed by atoms with Gasteiger partial charge < -0.3 is 9.84 Å². The minimum Gasteiger partial charge on any atom is -0.480 e. The highest BCUT2D eigenvalue weighted by molar-refractivity contribution is 5.82. The number of carbonyl (C=O) groups excluding carboxylic acids is 1. The van der Waals surface area contributed by atoms with Crippen molar-refractivity contribution in [2.75, 3.05) is 6.61 Å². The van der Waals surface area contributed by atoms with Crippen LogP contribution in [-0.2, 0) is 9.53 Å². The molecule has 1 aliphatic carbocycles. The van der Waals surface area contributed by atoms with Gasteiger partial charge >= 0.3 is 12.1 Å². The monoisotopic (exact) mass is 431 g/mol. The molecule has 0 radical (unpaired) electrons. The average Bonchev–Trinajstić information content (AvgIpc) is 3.38. The Morgan fingerprint density at radius 3 is 2.09 bits per heavy atom. The van der Waals surface area contributed by atoms with Crippen molar-refractivity contribution in [1.29, 1.82) is 0 Å². The number of ether oxygens (including phenoxy) is 1. The van der Waals surface area contributed by atoms with E-state index in [0.29, 0.717) is 18.4 Å². The fourth-order valence-corrected chi connectivity index (χ4v) is 4.99. The third-order valence-electron chi connectivity index (χ3n) is 6.47. The van der Waals surface area contributed by atoms with Gasteiger partial charge in [-0.3, -0.25) is 4.90 Å². The van der Waals surface area contributed by atoms with E-state index < -0.39 is 24.1 Å². The Bertz CT molecular complexity index is 1130. The van der Waals surface area contributed by atoms with Crippen LogP contribution in [0.5, 0.6) is 0 Å². The lowest BCUT2D eigenvalue weighted by molar-refractivity contribution is -0.142. The van der Waals surface area contributed by atoms with Crippen molar-refractivity contribution in [3.63, 3.8) is 0 Å². The SMILES string of the molecule is O=C(O)[C@@H]1CC[C@@H](c2ccc(F)cc2)N1C(=O)OCC1c2ccccc2-c2ccccc21. The molecule has 5 nitrogen and oxygen atoms in total. The van der Waals surface area contributed by atoms with Gasteiger partial charge in [-0.2, -0.15) is 0 Å². The number of likely N-dealkylation sites (tertiary alicyclic amines) is 1. The van der Waals surface area contributed by atoms with Gasteiger partial charge in [0.15, 0.2) is 0 Å². The van der Waals surface area contributed by atoms with Crippen molar-refractivity contribution in [2.45, 2.75) is 30.8 Å². The highest BCUT2D eigenvalue weighted by atomic mass is 19.1. The van der Waals surface area contributed by atoms with Gasteiger partial charge in [0.05, 0.1) is 6.04 Å². The molecule has 5 rings (SSSR count). The summed E-state index contributed by atoms with van der Waals surface area (Å²) in [6, 6.07) is 20.5. The second-order valence-corrected chi connectivity index (χ2v) is 8.21. The Labute approximate surface area is 185 Å². The van der Waals surface area contributed by atoms with Gasteiger partial charge in [0.25, 0.3) is 0 Å². The maximum Gasteiger partial charge on any atom is 0.411 e. The van der Waals surface area contributed by atoms with Gasteiger partial charge in [0.2, 0.25) is 0 Å². The zero-order valence-electron chi connectivity index (χ0n) is 17.3. The van der Waals surface area contributed by atoms with E-state index >= 15 is 0 Å². The van der Waals surface area contributed by atoms with Crippen LogP contribution in [0.25, 0.3) is 11.1 Å². The Balaban J connectivity index is 1.39. The van der Waals surface area contributed by atoms with E-state index in [0.717, 1.165) is 22.3 Å². The standard InChI is InChI=1S/C26H22FNO4/c27-17-11-9-16(10-12-17)23-13-14-24(25(29)30)28(23)26(31)32-15-22-20-7-3-1-5-18(20)19-6-2-4-8-21(19)22/h1-12,22-24H,13-15H2,(H,29,30)/t23-,24-/m0/s1. The molecule has 6 heteroatoms. The van der Waals surface area contributed by atoms with E-state index in [9.17, 15) is 19.1 Å². The number of carboxylic acid groups (broad SMARTS) is 1. The van der Waals surface area contributed by atoms with Crippen LogP contribution in [0.1, 0.15) is 41.5 Å². The molecule has 2 atom stereocenters. The van der Waals surface area contributed by atoms with Crippen molar-refractivity contribution in [3.05, 3.63) is 95.3 Å². The molecule has 0 bridgehead atoms. The van der Waals surface area contributed by atoms with Crippen molar-refractivity contribution in [1.82, 2.24) is 4.90 Å². The molecule has 0 saturated carbocycles. The molecule has 162 valence electrons.